The van der Waals surface area contributed by atoms with Crippen LogP contribution >= 0.6 is 0 Å². The Kier molecular flexibility index (Phi) is 5.92. The zero-order valence-electron chi connectivity index (χ0n) is 13.6. The predicted molar refractivity (Wildman–Crippen MR) is 84.8 cm³/mol. The van der Waals surface area contributed by atoms with Gasteiger partial charge in [-0.25, -0.2) is 22.3 Å². The Balaban J connectivity index is 2.15. The molecule has 2 N–H and O–H groups in total. The fourth-order valence-electron chi connectivity index (χ4n) is 2.73. The summed E-state index contributed by atoms with van der Waals surface area (Å²) in [5.74, 6) is -1.81. The first-order valence-electron chi connectivity index (χ1n) is 7.45. The van der Waals surface area contributed by atoms with Gasteiger partial charge in [0.25, 0.3) is 0 Å². The number of benzene rings is 1. The summed E-state index contributed by atoms with van der Waals surface area (Å²) in [5.41, 5.74) is -0.781. The summed E-state index contributed by atoms with van der Waals surface area (Å²) in [6, 6.07) is 3.07. The number of ether oxygens (including phenoxy) is 2. The lowest BCUT2D eigenvalue weighted by molar-refractivity contribution is 0.0595. The molecule has 0 radical (unpaired) electrons. The largest absolute Gasteiger partial charge is 0.465 e. The van der Waals surface area contributed by atoms with Gasteiger partial charge in [-0.1, -0.05) is 0 Å². The minimum atomic E-state index is -3.91. The maximum Gasteiger partial charge on any atom is 0.340 e. The molecule has 0 saturated carbocycles. The van der Waals surface area contributed by atoms with Crippen LogP contribution in [-0.2, 0) is 19.5 Å². The van der Waals surface area contributed by atoms with Crippen molar-refractivity contribution in [1.82, 2.24) is 10.0 Å². The fourth-order valence-corrected chi connectivity index (χ4v) is 3.86. The van der Waals surface area contributed by atoms with Crippen LogP contribution in [0.5, 0.6) is 0 Å². The lowest BCUT2D eigenvalue weighted by atomic mass is 9.99. The van der Waals surface area contributed by atoms with Gasteiger partial charge in [-0.2, -0.15) is 0 Å². The van der Waals surface area contributed by atoms with E-state index in [0.29, 0.717) is 6.61 Å². The molecule has 0 spiro atoms. The van der Waals surface area contributed by atoms with E-state index in [1.54, 1.807) is 7.11 Å². The average molecular weight is 360 g/mol. The first-order valence-corrected chi connectivity index (χ1v) is 8.93. The summed E-state index contributed by atoms with van der Waals surface area (Å²) in [6.07, 6.45) is 1.70. The van der Waals surface area contributed by atoms with Crippen LogP contribution in [0.15, 0.2) is 23.1 Å². The molecule has 0 bridgehead atoms. The van der Waals surface area contributed by atoms with Gasteiger partial charge in [-0.3, -0.25) is 0 Å². The van der Waals surface area contributed by atoms with Gasteiger partial charge < -0.3 is 14.8 Å². The average Bonchev–Trinajstić information content (AvgIpc) is 3.02. The van der Waals surface area contributed by atoms with Gasteiger partial charge in [0.1, 0.15) is 5.82 Å². The summed E-state index contributed by atoms with van der Waals surface area (Å²) < 4.78 is 50.8. The molecular formula is C15H21FN2O5S. The van der Waals surface area contributed by atoms with Gasteiger partial charge >= 0.3 is 5.97 Å². The maximum atomic E-state index is 13.9. The molecule has 0 aliphatic carbocycles. The van der Waals surface area contributed by atoms with Crippen molar-refractivity contribution < 1.29 is 27.1 Å². The second-order valence-corrected chi connectivity index (χ2v) is 7.47. The molecule has 1 aliphatic heterocycles. The number of carbonyl (C=O) groups excluding carboxylic acids is 1. The summed E-state index contributed by atoms with van der Waals surface area (Å²) >= 11 is 0. The van der Waals surface area contributed by atoms with Crippen LogP contribution in [0.4, 0.5) is 4.39 Å². The van der Waals surface area contributed by atoms with E-state index in [0.717, 1.165) is 38.6 Å². The molecule has 24 heavy (non-hydrogen) atoms. The Morgan fingerprint density at radius 3 is 2.71 bits per heavy atom. The van der Waals surface area contributed by atoms with Crippen LogP contribution in [0.1, 0.15) is 23.2 Å². The van der Waals surface area contributed by atoms with Crippen LogP contribution in [-0.4, -0.2) is 53.8 Å². The predicted octanol–water partition coefficient (Wildman–Crippen LogP) is 0.659. The monoisotopic (exact) mass is 360 g/mol. The highest BCUT2D eigenvalue weighted by molar-refractivity contribution is 7.89. The van der Waals surface area contributed by atoms with Crippen LogP contribution < -0.4 is 10.0 Å². The molecule has 1 heterocycles. The molecule has 1 aromatic rings. The normalized spacial score (nSPS) is 21.0. The van der Waals surface area contributed by atoms with Gasteiger partial charge in [0, 0.05) is 13.7 Å². The van der Waals surface area contributed by atoms with E-state index in [9.17, 15) is 17.6 Å². The highest BCUT2D eigenvalue weighted by atomic mass is 32.2. The van der Waals surface area contributed by atoms with Crippen LogP contribution in [0.2, 0.25) is 0 Å². The van der Waals surface area contributed by atoms with Crippen molar-refractivity contribution in [2.24, 2.45) is 0 Å². The molecule has 1 fully saturated rings. The number of nitrogens with one attached hydrogen (secondary N) is 2. The molecule has 1 saturated heterocycles. The highest BCUT2D eigenvalue weighted by Gasteiger charge is 2.35. The number of hydrogen-bond donors (Lipinski definition) is 2. The van der Waals surface area contributed by atoms with E-state index in [4.69, 9.17) is 4.74 Å². The van der Waals surface area contributed by atoms with Crippen molar-refractivity contribution in [2.75, 3.05) is 33.9 Å². The van der Waals surface area contributed by atoms with Gasteiger partial charge in [0.2, 0.25) is 10.0 Å². The number of hydrogen-bond acceptors (Lipinski definition) is 6. The zero-order chi connectivity index (χ0) is 17.8. The number of methoxy groups -OCH3 is 2. The van der Waals surface area contributed by atoms with E-state index < -0.39 is 27.3 Å². The van der Waals surface area contributed by atoms with Crippen LogP contribution in [0.25, 0.3) is 0 Å². The summed E-state index contributed by atoms with van der Waals surface area (Å²) in [7, 11) is -1.24. The molecule has 7 nitrogen and oxygen atoms in total. The SMILES string of the molecule is COCC1(CNS(=O)(=O)c2ccc(C(=O)OC)c(F)c2)CCCN1. The fraction of sp³-hybridized carbons (Fsp3) is 0.533. The molecule has 2 rings (SSSR count). The summed E-state index contributed by atoms with van der Waals surface area (Å²) in [4.78, 5) is 11.1. The van der Waals surface area contributed by atoms with Gasteiger partial charge in [0.15, 0.2) is 0 Å². The van der Waals surface area contributed by atoms with E-state index >= 15 is 0 Å². The number of esters is 1. The molecule has 0 aromatic heterocycles. The molecule has 9 heteroatoms. The van der Waals surface area contributed by atoms with Crippen molar-refractivity contribution in [3.05, 3.63) is 29.6 Å². The molecular weight excluding hydrogens is 339 g/mol. The lowest BCUT2D eigenvalue weighted by Gasteiger charge is -2.28. The Morgan fingerprint density at radius 2 is 2.17 bits per heavy atom. The quantitative estimate of drug-likeness (QED) is 0.694. The standard InChI is InChI=1S/C15H21FN2O5S/c1-22-10-15(6-3-7-17-15)9-18-24(20,21)11-4-5-12(13(16)8-11)14(19)23-2/h4-5,8,17-18H,3,6-7,9-10H2,1-2H3. The second-order valence-electron chi connectivity index (χ2n) is 5.70. The third-order valence-electron chi connectivity index (χ3n) is 4.01. The highest BCUT2D eigenvalue weighted by Crippen LogP contribution is 2.21. The topological polar surface area (TPSA) is 93.7 Å². The zero-order valence-corrected chi connectivity index (χ0v) is 14.4. The Morgan fingerprint density at radius 1 is 1.42 bits per heavy atom. The Labute approximate surface area is 140 Å². The van der Waals surface area contributed by atoms with Gasteiger partial charge in [0.05, 0.1) is 29.7 Å². The van der Waals surface area contributed by atoms with E-state index in [1.165, 1.54) is 6.07 Å². The Bertz CT molecular complexity index is 702. The van der Waals surface area contributed by atoms with Gasteiger partial charge in [-0.15, -0.1) is 0 Å². The van der Waals surface area contributed by atoms with Crippen molar-refractivity contribution in [3.8, 4) is 0 Å². The van der Waals surface area contributed by atoms with Gasteiger partial charge in [-0.05, 0) is 37.6 Å². The molecule has 0 amide bonds. The van der Waals surface area contributed by atoms with E-state index in [1.807, 2.05) is 0 Å². The maximum absolute atomic E-state index is 13.9. The third kappa shape index (κ3) is 4.10. The van der Waals surface area contributed by atoms with E-state index in [2.05, 4.69) is 14.8 Å². The van der Waals surface area contributed by atoms with Crippen LogP contribution in [0.3, 0.4) is 0 Å². The van der Waals surface area contributed by atoms with Crippen molar-refractivity contribution >= 4 is 16.0 Å². The van der Waals surface area contributed by atoms with Crippen molar-refractivity contribution in [3.63, 3.8) is 0 Å². The smallest absolute Gasteiger partial charge is 0.340 e. The molecule has 1 aromatic carbocycles. The third-order valence-corrected chi connectivity index (χ3v) is 5.41. The number of carbonyl (C=O) groups is 1. The molecule has 1 unspecified atom stereocenters. The van der Waals surface area contributed by atoms with Crippen molar-refractivity contribution in [2.45, 2.75) is 23.3 Å². The summed E-state index contributed by atoms with van der Waals surface area (Å²) in [5, 5.41) is 3.25. The van der Waals surface area contributed by atoms with E-state index in [-0.39, 0.29) is 17.0 Å². The minimum absolute atomic E-state index is 0.129. The number of halogens is 1. The van der Waals surface area contributed by atoms with Crippen LogP contribution in [0, 0.1) is 5.82 Å². The summed E-state index contributed by atoms with van der Waals surface area (Å²) in [6.45, 7) is 1.28. The molecule has 134 valence electrons. The molecule has 1 atom stereocenters. The minimum Gasteiger partial charge on any atom is -0.465 e. The first-order chi connectivity index (χ1) is 11.3. The number of rotatable bonds is 7. The second kappa shape index (κ2) is 7.56. The number of sulfonamides is 1. The Hall–Kier alpha value is -1.55. The van der Waals surface area contributed by atoms with Crippen molar-refractivity contribution in [1.29, 1.82) is 0 Å². The lowest BCUT2D eigenvalue weighted by Crippen LogP contribution is -2.52. The molecule has 1 aliphatic rings. The first kappa shape index (κ1) is 18.8.